The lowest BCUT2D eigenvalue weighted by atomic mass is 9.95. The van der Waals surface area contributed by atoms with Crippen molar-refractivity contribution in [3.63, 3.8) is 0 Å². The van der Waals surface area contributed by atoms with Gasteiger partial charge < -0.3 is 18.9 Å². The number of benzene rings is 4. The minimum Gasteiger partial charge on any atom is -0.368 e. The van der Waals surface area contributed by atoms with E-state index in [9.17, 15) is 0 Å². The summed E-state index contributed by atoms with van der Waals surface area (Å²) in [6, 6.07) is 39.7. The fraction of sp³-hybridized carbons (Fsp3) is 0.357. The Bertz CT molecular complexity index is 1690. The first kappa shape index (κ1) is 33.8. The Morgan fingerprint density at radius 3 is 1.56 bits per heavy atom. The number of rotatable bonds is 14. The number of ether oxygens (including phenoxy) is 4. The van der Waals surface area contributed by atoms with E-state index in [0.717, 1.165) is 47.3 Å². The summed E-state index contributed by atoms with van der Waals surface area (Å²) in [6.45, 7) is 9.86. The molecule has 1 aliphatic heterocycles. The second kappa shape index (κ2) is 16.4. The van der Waals surface area contributed by atoms with Crippen LogP contribution in [0.15, 0.2) is 115 Å². The van der Waals surface area contributed by atoms with Crippen molar-refractivity contribution in [3.05, 3.63) is 160 Å². The van der Waals surface area contributed by atoms with Crippen LogP contribution in [-0.4, -0.2) is 34.2 Å². The molecule has 1 aromatic heterocycles. The second-order valence-corrected chi connectivity index (χ2v) is 12.7. The zero-order valence-corrected chi connectivity index (χ0v) is 28.6. The summed E-state index contributed by atoms with van der Waals surface area (Å²) in [5.41, 5.74) is 9.18. The number of hydrogen-bond donors (Lipinski definition) is 0. The average molecular weight is 645 g/mol. The van der Waals surface area contributed by atoms with Gasteiger partial charge in [0.05, 0.1) is 31.6 Å². The van der Waals surface area contributed by atoms with Crippen molar-refractivity contribution in [2.75, 3.05) is 0 Å². The summed E-state index contributed by atoms with van der Waals surface area (Å²) >= 11 is 0. The highest BCUT2D eigenvalue weighted by molar-refractivity contribution is 5.33. The summed E-state index contributed by atoms with van der Waals surface area (Å²) in [4.78, 5) is 0. The van der Waals surface area contributed by atoms with Crippen LogP contribution in [0.2, 0.25) is 0 Å². The smallest absolute Gasteiger partial charge is 0.179 e. The quantitative estimate of drug-likeness (QED) is 0.121. The molecule has 1 aliphatic rings. The molecular formula is C42H48N2O4. The highest BCUT2D eigenvalue weighted by Crippen LogP contribution is 2.38. The molecule has 2 heterocycles. The summed E-state index contributed by atoms with van der Waals surface area (Å²) < 4.78 is 29.5. The van der Waals surface area contributed by atoms with Gasteiger partial charge in [-0.05, 0) is 54.5 Å². The number of nitrogens with zero attached hydrogens (tertiary/aromatic N) is 2. The molecule has 1 saturated heterocycles. The standard InChI is InChI=1S/C42H48N2O4/c1-5-32-22-24-33(25-23-32)26-37-30(3)43-44(31(37)4)42-41(47-29-36-20-14-9-15-21-36)40(46-28-35-18-12-8-13-19-35)39(38(6-2)48-42)45-27-34-16-10-7-11-17-34/h7-25,38-42H,5-6,26-29H2,1-4H3/t38-,39-,40+,41-,42?/m1/s1. The van der Waals surface area contributed by atoms with Crippen molar-refractivity contribution in [2.45, 2.75) is 97.4 Å². The molecule has 48 heavy (non-hydrogen) atoms. The lowest BCUT2D eigenvalue weighted by molar-refractivity contribution is -0.286. The molecule has 0 spiro atoms. The maximum absolute atomic E-state index is 7.01. The summed E-state index contributed by atoms with van der Waals surface area (Å²) in [5, 5.41) is 5.12. The van der Waals surface area contributed by atoms with E-state index in [1.165, 1.54) is 16.7 Å². The van der Waals surface area contributed by atoms with E-state index in [2.05, 4.69) is 88.4 Å². The van der Waals surface area contributed by atoms with E-state index in [0.29, 0.717) is 19.8 Å². The van der Waals surface area contributed by atoms with Gasteiger partial charge in [-0.15, -0.1) is 0 Å². The van der Waals surface area contributed by atoms with Gasteiger partial charge in [0.2, 0.25) is 0 Å². The SMILES string of the molecule is CCc1ccc(Cc2c(C)nn(C3O[C@H](CC)[C@@H](OCc4ccccc4)[C@H](OCc4ccccc4)[C@H]3OCc3ccccc3)c2C)cc1. The summed E-state index contributed by atoms with van der Waals surface area (Å²) in [5.74, 6) is 0. The van der Waals surface area contributed by atoms with Crippen LogP contribution in [0, 0.1) is 13.8 Å². The molecule has 0 bridgehead atoms. The van der Waals surface area contributed by atoms with Gasteiger partial charge in [0.15, 0.2) is 6.23 Å². The van der Waals surface area contributed by atoms with E-state index < -0.39 is 18.4 Å². The maximum atomic E-state index is 7.01. The van der Waals surface area contributed by atoms with Crippen LogP contribution in [0.4, 0.5) is 0 Å². The van der Waals surface area contributed by atoms with Gasteiger partial charge in [-0.3, -0.25) is 0 Å². The van der Waals surface area contributed by atoms with Gasteiger partial charge in [-0.25, -0.2) is 4.68 Å². The minimum absolute atomic E-state index is 0.231. The van der Waals surface area contributed by atoms with Gasteiger partial charge in [-0.2, -0.15) is 5.10 Å². The normalized spacial score (nSPS) is 21.0. The first-order valence-corrected chi connectivity index (χ1v) is 17.3. The Kier molecular flexibility index (Phi) is 11.5. The van der Waals surface area contributed by atoms with Crippen LogP contribution in [0.3, 0.4) is 0 Å². The second-order valence-electron chi connectivity index (χ2n) is 12.7. The molecule has 6 rings (SSSR count). The molecule has 0 aliphatic carbocycles. The lowest BCUT2D eigenvalue weighted by Crippen LogP contribution is -2.58. The Balaban J connectivity index is 1.36. The average Bonchev–Trinajstić information content (AvgIpc) is 3.41. The Labute approximate surface area is 285 Å². The zero-order valence-electron chi connectivity index (χ0n) is 28.6. The Morgan fingerprint density at radius 2 is 1.06 bits per heavy atom. The monoisotopic (exact) mass is 644 g/mol. The molecule has 0 N–H and O–H groups in total. The Hall–Kier alpha value is -4.07. The highest BCUT2D eigenvalue weighted by atomic mass is 16.6. The van der Waals surface area contributed by atoms with Crippen molar-refractivity contribution in [1.29, 1.82) is 0 Å². The van der Waals surface area contributed by atoms with Crippen LogP contribution in [0.25, 0.3) is 0 Å². The third-order valence-electron chi connectivity index (χ3n) is 9.40. The van der Waals surface area contributed by atoms with Gasteiger partial charge >= 0.3 is 0 Å². The number of aromatic nitrogens is 2. The van der Waals surface area contributed by atoms with E-state index in [-0.39, 0.29) is 12.2 Å². The molecule has 5 aromatic rings. The van der Waals surface area contributed by atoms with Crippen molar-refractivity contribution >= 4 is 0 Å². The molecule has 250 valence electrons. The third-order valence-corrected chi connectivity index (χ3v) is 9.40. The van der Waals surface area contributed by atoms with Crippen LogP contribution in [0.1, 0.15) is 71.3 Å². The molecule has 1 unspecified atom stereocenters. The highest BCUT2D eigenvalue weighted by Gasteiger charge is 2.49. The minimum atomic E-state index is -0.508. The fourth-order valence-electron chi connectivity index (χ4n) is 6.59. The third kappa shape index (κ3) is 8.13. The lowest BCUT2D eigenvalue weighted by Gasteiger charge is -2.46. The van der Waals surface area contributed by atoms with E-state index in [1.54, 1.807) is 0 Å². The molecule has 4 aromatic carbocycles. The largest absolute Gasteiger partial charge is 0.368 e. The molecular weight excluding hydrogens is 596 g/mol. The number of hydrogen-bond acceptors (Lipinski definition) is 5. The fourth-order valence-corrected chi connectivity index (χ4v) is 6.59. The molecule has 6 heteroatoms. The van der Waals surface area contributed by atoms with Crippen molar-refractivity contribution < 1.29 is 18.9 Å². The predicted octanol–water partition coefficient (Wildman–Crippen LogP) is 8.72. The molecule has 1 fully saturated rings. The topological polar surface area (TPSA) is 54.7 Å². The van der Waals surface area contributed by atoms with Crippen molar-refractivity contribution in [3.8, 4) is 0 Å². The van der Waals surface area contributed by atoms with Crippen molar-refractivity contribution in [2.24, 2.45) is 0 Å². The first-order chi connectivity index (χ1) is 23.5. The maximum Gasteiger partial charge on any atom is 0.179 e. The summed E-state index contributed by atoms with van der Waals surface area (Å²) in [6.07, 6.45) is 0.574. The van der Waals surface area contributed by atoms with Crippen LogP contribution >= 0.6 is 0 Å². The van der Waals surface area contributed by atoms with Gasteiger partial charge in [0.25, 0.3) is 0 Å². The van der Waals surface area contributed by atoms with Gasteiger partial charge in [0.1, 0.15) is 18.3 Å². The van der Waals surface area contributed by atoms with E-state index in [1.807, 2.05) is 59.3 Å². The molecule has 0 saturated carbocycles. The van der Waals surface area contributed by atoms with Crippen LogP contribution in [-0.2, 0) is 51.6 Å². The van der Waals surface area contributed by atoms with Gasteiger partial charge in [0, 0.05) is 17.7 Å². The van der Waals surface area contributed by atoms with Crippen LogP contribution < -0.4 is 0 Å². The Morgan fingerprint density at radius 1 is 0.583 bits per heavy atom. The molecule has 6 nitrogen and oxygen atoms in total. The molecule has 0 amide bonds. The molecule has 0 radical (unpaired) electrons. The van der Waals surface area contributed by atoms with Gasteiger partial charge in [-0.1, -0.05) is 129 Å². The predicted molar refractivity (Wildman–Crippen MR) is 190 cm³/mol. The number of aryl methyl sites for hydroxylation is 2. The van der Waals surface area contributed by atoms with Crippen LogP contribution in [0.5, 0.6) is 0 Å². The van der Waals surface area contributed by atoms with E-state index >= 15 is 0 Å². The zero-order chi connectivity index (χ0) is 33.3. The van der Waals surface area contributed by atoms with E-state index in [4.69, 9.17) is 24.0 Å². The van der Waals surface area contributed by atoms with Crippen molar-refractivity contribution in [1.82, 2.24) is 9.78 Å². The summed E-state index contributed by atoms with van der Waals surface area (Å²) in [7, 11) is 0. The first-order valence-electron chi connectivity index (χ1n) is 17.3. The molecule has 5 atom stereocenters.